The summed E-state index contributed by atoms with van der Waals surface area (Å²) in [6.07, 6.45) is 0.942. The van der Waals surface area contributed by atoms with Gasteiger partial charge in [-0.2, -0.15) is 8.75 Å². The maximum Gasteiger partial charge on any atom is 0.313 e. The summed E-state index contributed by atoms with van der Waals surface area (Å²) in [4.78, 5) is 25.3. The van der Waals surface area contributed by atoms with Crippen LogP contribution in [0.25, 0.3) is 11.0 Å². The van der Waals surface area contributed by atoms with Gasteiger partial charge in [-0.05, 0) is 55.3 Å². The number of carbonyl (C=O) groups is 2. The molecule has 1 heterocycles. The van der Waals surface area contributed by atoms with Crippen LogP contribution in [0.1, 0.15) is 48.5 Å². The molecule has 0 amide bonds. The van der Waals surface area contributed by atoms with Crippen molar-refractivity contribution >= 4 is 34.5 Å². The second-order valence-corrected chi connectivity index (χ2v) is 6.85. The predicted molar refractivity (Wildman–Crippen MR) is 108 cm³/mol. The Hall–Kier alpha value is -2.80. The largest absolute Gasteiger partial charge is 0.494 e. The maximum absolute atomic E-state index is 12.8. The lowest BCUT2D eigenvalue weighted by molar-refractivity contribution is -0.144. The number of Topliss-reactive ketones (excluding diaryl/α,β-unsaturated/α-hetero) is 1. The molecule has 1 unspecified atom stereocenters. The topological polar surface area (TPSA) is 78.4 Å². The van der Waals surface area contributed by atoms with E-state index in [4.69, 9.17) is 9.47 Å². The molecule has 2 aromatic carbocycles. The molecule has 1 atom stereocenters. The van der Waals surface area contributed by atoms with Crippen LogP contribution in [0.2, 0.25) is 0 Å². The monoisotopic (exact) mass is 398 g/mol. The molecule has 0 spiro atoms. The lowest BCUT2D eigenvalue weighted by atomic mass is 9.91. The molecule has 0 fully saturated rings. The van der Waals surface area contributed by atoms with Crippen molar-refractivity contribution in [2.24, 2.45) is 0 Å². The molecule has 146 valence electrons. The van der Waals surface area contributed by atoms with Gasteiger partial charge in [-0.3, -0.25) is 9.59 Å². The number of fused-ring (bicyclic) bond motifs is 1. The number of hydrogen-bond donors (Lipinski definition) is 0. The number of ether oxygens (including phenoxy) is 2. The van der Waals surface area contributed by atoms with E-state index in [0.717, 1.165) is 29.4 Å². The molecule has 0 radical (unpaired) electrons. The molecule has 0 aliphatic carbocycles. The van der Waals surface area contributed by atoms with Gasteiger partial charge in [-0.25, -0.2) is 0 Å². The number of carbonyl (C=O) groups excluding carboxylic acids is 2. The van der Waals surface area contributed by atoms with Gasteiger partial charge < -0.3 is 9.47 Å². The Morgan fingerprint density at radius 2 is 1.79 bits per heavy atom. The molecular weight excluding hydrogens is 376 g/mol. The summed E-state index contributed by atoms with van der Waals surface area (Å²) < 4.78 is 19.1. The van der Waals surface area contributed by atoms with Crippen LogP contribution in [0.15, 0.2) is 42.5 Å². The first-order valence-corrected chi connectivity index (χ1v) is 10.00. The molecule has 28 heavy (non-hydrogen) atoms. The van der Waals surface area contributed by atoms with E-state index in [1.165, 1.54) is 0 Å². The minimum absolute atomic E-state index is 0.0249. The third-order valence-corrected chi connectivity index (χ3v) is 4.85. The van der Waals surface area contributed by atoms with E-state index in [2.05, 4.69) is 8.75 Å². The van der Waals surface area contributed by atoms with Crippen molar-refractivity contribution in [2.75, 3.05) is 13.2 Å². The van der Waals surface area contributed by atoms with E-state index in [9.17, 15) is 9.59 Å². The number of ketones is 1. The first-order chi connectivity index (χ1) is 13.6. The van der Waals surface area contributed by atoms with E-state index in [1.807, 2.05) is 13.0 Å². The molecule has 3 aromatic rings. The van der Waals surface area contributed by atoms with Crippen molar-refractivity contribution in [3.8, 4) is 5.75 Å². The van der Waals surface area contributed by atoms with Gasteiger partial charge in [0.05, 0.1) is 30.9 Å². The number of rotatable bonds is 9. The summed E-state index contributed by atoms with van der Waals surface area (Å²) in [6.45, 7) is 4.67. The zero-order valence-corrected chi connectivity index (χ0v) is 16.7. The summed E-state index contributed by atoms with van der Waals surface area (Å²) in [7, 11) is 0. The highest BCUT2D eigenvalue weighted by Crippen LogP contribution is 2.27. The Balaban J connectivity index is 1.80. The molecule has 0 aliphatic rings. The van der Waals surface area contributed by atoms with Gasteiger partial charge in [0.1, 0.15) is 16.8 Å². The number of nitrogens with zero attached hydrogens (tertiary/aromatic N) is 2. The van der Waals surface area contributed by atoms with Gasteiger partial charge in [0.15, 0.2) is 5.78 Å². The molecule has 0 aliphatic heterocycles. The number of hydrogen-bond acceptors (Lipinski definition) is 7. The Labute approximate surface area is 167 Å². The Kier molecular flexibility index (Phi) is 6.71. The Bertz CT molecular complexity index is 952. The van der Waals surface area contributed by atoms with Gasteiger partial charge in [0, 0.05) is 12.0 Å². The fourth-order valence-electron chi connectivity index (χ4n) is 2.86. The van der Waals surface area contributed by atoms with E-state index >= 15 is 0 Å². The minimum atomic E-state index is -0.686. The van der Waals surface area contributed by atoms with Crippen molar-refractivity contribution in [1.29, 1.82) is 0 Å². The highest BCUT2D eigenvalue weighted by atomic mass is 32.1. The fourth-order valence-corrected chi connectivity index (χ4v) is 3.37. The van der Waals surface area contributed by atoms with Crippen LogP contribution in [-0.2, 0) is 9.53 Å². The zero-order chi connectivity index (χ0) is 19.9. The van der Waals surface area contributed by atoms with Gasteiger partial charge in [-0.15, -0.1) is 0 Å². The van der Waals surface area contributed by atoms with Gasteiger partial charge >= 0.3 is 5.97 Å². The van der Waals surface area contributed by atoms with Crippen molar-refractivity contribution in [1.82, 2.24) is 8.75 Å². The number of esters is 1. The van der Waals surface area contributed by atoms with E-state index in [0.29, 0.717) is 23.3 Å². The second-order valence-electron chi connectivity index (χ2n) is 6.32. The molecule has 3 rings (SSSR count). The van der Waals surface area contributed by atoms with Crippen LogP contribution in [-0.4, -0.2) is 33.7 Å². The molecule has 0 bridgehead atoms. The molecule has 0 N–H and O–H groups in total. The molecule has 1 aromatic heterocycles. The summed E-state index contributed by atoms with van der Waals surface area (Å²) in [6, 6.07) is 12.4. The zero-order valence-electron chi connectivity index (χ0n) is 15.9. The lowest BCUT2D eigenvalue weighted by Crippen LogP contribution is -2.19. The lowest BCUT2D eigenvalue weighted by Gasteiger charge is -2.15. The van der Waals surface area contributed by atoms with E-state index < -0.39 is 11.9 Å². The first-order valence-electron chi connectivity index (χ1n) is 9.27. The van der Waals surface area contributed by atoms with Crippen molar-refractivity contribution in [3.63, 3.8) is 0 Å². The first kappa shape index (κ1) is 19.9. The Morgan fingerprint density at radius 1 is 1.04 bits per heavy atom. The summed E-state index contributed by atoms with van der Waals surface area (Å²) in [5.74, 6) is -0.505. The average molecular weight is 398 g/mol. The third-order valence-electron chi connectivity index (χ3n) is 4.29. The van der Waals surface area contributed by atoms with Crippen LogP contribution >= 0.6 is 11.7 Å². The van der Waals surface area contributed by atoms with Crippen molar-refractivity contribution in [2.45, 2.75) is 32.6 Å². The summed E-state index contributed by atoms with van der Waals surface area (Å²) in [5, 5.41) is 0. The Morgan fingerprint density at radius 3 is 2.50 bits per heavy atom. The molecular formula is C21H22N2O4S. The molecule has 0 saturated carbocycles. The van der Waals surface area contributed by atoms with Gasteiger partial charge in [-0.1, -0.05) is 13.0 Å². The normalized spacial score (nSPS) is 11.9. The van der Waals surface area contributed by atoms with Crippen molar-refractivity contribution < 1.29 is 19.1 Å². The predicted octanol–water partition coefficient (Wildman–Crippen LogP) is 4.40. The number of aromatic nitrogens is 2. The van der Waals surface area contributed by atoms with Crippen LogP contribution in [0, 0.1) is 0 Å². The van der Waals surface area contributed by atoms with E-state index in [-0.39, 0.29) is 18.8 Å². The van der Waals surface area contributed by atoms with E-state index in [1.54, 1.807) is 43.3 Å². The fraction of sp³-hybridized carbons (Fsp3) is 0.333. The SMILES string of the molecule is CCCOc1ccc(C(=O)CC(C(=O)OCC)c2ccc3nsnc3c2)cc1. The minimum Gasteiger partial charge on any atom is -0.494 e. The smallest absolute Gasteiger partial charge is 0.313 e. The van der Waals surface area contributed by atoms with Crippen LogP contribution in [0.4, 0.5) is 0 Å². The quantitative estimate of drug-likeness (QED) is 0.393. The van der Waals surface area contributed by atoms with Gasteiger partial charge in [0.2, 0.25) is 0 Å². The van der Waals surface area contributed by atoms with Crippen molar-refractivity contribution in [3.05, 3.63) is 53.6 Å². The summed E-state index contributed by atoms with van der Waals surface area (Å²) in [5.41, 5.74) is 2.72. The molecule has 0 saturated heterocycles. The van der Waals surface area contributed by atoms with Crippen LogP contribution < -0.4 is 4.74 Å². The number of benzene rings is 2. The van der Waals surface area contributed by atoms with Crippen LogP contribution in [0.5, 0.6) is 5.75 Å². The molecule has 6 nitrogen and oxygen atoms in total. The molecule has 7 heteroatoms. The highest BCUT2D eigenvalue weighted by molar-refractivity contribution is 7.00. The van der Waals surface area contributed by atoms with Gasteiger partial charge in [0.25, 0.3) is 0 Å². The second kappa shape index (κ2) is 9.41. The van der Waals surface area contributed by atoms with Crippen LogP contribution in [0.3, 0.4) is 0 Å². The maximum atomic E-state index is 12.8. The standard InChI is InChI=1S/C21H22N2O4S/c1-3-11-27-16-8-5-14(6-9-16)20(24)13-17(21(25)26-4-2)15-7-10-18-19(12-15)23-28-22-18/h5-10,12,17H,3-4,11,13H2,1-2H3. The summed E-state index contributed by atoms with van der Waals surface area (Å²) >= 11 is 1.11. The highest BCUT2D eigenvalue weighted by Gasteiger charge is 2.26. The third kappa shape index (κ3) is 4.72. The average Bonchev–Trinajstić information content (AvgIpc) is 3.18.